The van der Waals surface area contributed by atoms with Gasteiger partial charge in [-0.05, 0) is 93.6 Å². The largest absolute Gasteiger partial charge is 0.339 e. The van der Waals surface area contributed by atoms with Gasteiger partial charge < -0.3 is 4.90 Å². The molecule has 2 atom stereocenters. The summed E-state index contributed by atoms with van der Waals surface area (Å²) in [5, 5.41) is 0. The molecule has 0 N–H and O–H groups in total. The molecule has 0 radical (unpaired) electrons. The molecule has 0 aromatic carbocycles. The normalized spacial score (nSPS) is 26.4. The first-order valence-corrected chi connectivity index (χ1v) is 12.3. The van der Waals surface area contributed by atoms with E-state index in [9.17, 15) is 0 Å². The van der Waals surface area contributed by atoms with Crippen LogP contribution in [0.2, 0.25) is 0 Å². The highest BCUT2D eigenvalue weighted by Crippen LogP contribution is 2.54. The van der Waals surface area contributed by atoms with Gasteiger partial charge in [-0.2, -0.15) is 0 Å². The standard InChI is InChI=1S/C30H44N2/c1-12-16-30(10,20(4)5)25-15-13-14-23-24(25)18-32-26(22(7)31-11)17-29(8,9)21(6)28(32)27(23)19(2)3/h12-14,16,20,25H,11,15,17-18H2,1-10H3/b16-12?,26-22-. The summed E-state index contributed by atoms with van der Waals surface area (Å²) in [6.07, 6.45) is 11.6. The Bertz CT molecular complexity index is 986. The van der Waals surface area contributed by atoms with Crippen LogP contribution in [0, 0.1) is 22.7 Å². The van der Waals surface area contributed by atoms with Crippen molar-refractivity contribution < 1.29 is 0 Å². The van der Waals surface area contributed by atoms with Gasteiger partial charge in [-0.3, -0.25) is 4.99 Å². The van der Waals surface area contributed by atoms with E-state index in [2.05, 4.69) is 110 Å². The highest BCUT2D eigenvalue weighted by Gasteiger charge is 2.45. The highest BCUT2D eigenvalue weighted by molar-refractivity contribution is 5.63. The lowest BCUT2D eigenvalue weighted by Crippen LogP contribution is -2.44. The maximum Gasteiger partial charge on any atom is 0.0560 e. The minimum atomic E-state index is 0.0983. The van der Waals surface area contributed by atoms with E-state index in [0.717, 1.165) is 25.1 Å². The van der Waals surface area contributed by atoms with Gasteiger partial charge in [0.1, 0.15) is 0 Å². The molecule has 0 fully saturated rings. The van der Waals surface area contributed by atoms with Gasteiger partial charge in [0.2, 0.25) is 0 Å². The summed E-state index contributed by atoms with van der Waals surface area (Å²) in [6, 6.07) is 0. The molecule has 2 unspecified atom stereocenters. The van der Waals surface area contributed by atoms with Crippen LogP contribution in [0.3, 0.4) is 0 Å². The monoisotopic (exact) mass is 432 g/mol. The van der Waals surface area contributed by atoms with Gasteiger partial charge in [-0.25, -0.2) is 0 Å². The number of hydrogen-bond donors (Lipinski definition) is 0. The number of allylic oxidation sites excluding steroid dienone is 9. The highest BCUT2D eigenvalue weighted by atomic mass is 15.2. The second-order valence-electron chi connectivity index (χ2n) is 11.3. The lowest BCUT2D eigenvalue weighted by Gasteiger charge is -2.51. The average Bonchev–Trinajstić information content (AvgIpc) is 2.73. The molecule has 2 nitrogen and oxygen atoms in total. The zero-order valence-electron chi connectivity index (χ0n) is 22.2. The Balaban J connectivity index is 2.35. The van der Waals surface area contributed by atoms with E-state index in [4.69, 9.17) is 0 Å². The molecule has 0 saturated carbocycles. The first-order valence-electron chi connectivity index (χ1n) is 12.3. The molecule has 2 aliphatic heterocycles. The number of nitrogens with zero attached hydrogens (tertiary/aromatic N) is 2. The van der Waals surface area contributed by atoms with Crippen LogP contribution in [0.5, 0.6) is 0 Å². The number of aliphatic imine (C=N–C) groups is 1. The average molecular weight is 433 g/mol. The summed E-state index contributed by atoms with van der Waals surface area (Å²) in [6.45, 7) is 28.0. The number of rotatable bonds is 4. The van der Waals surface area contributed by atoms with Crippen molar-refractivity contribution >= 4 is 6.72 Å². The molecule has 174 valence electrons. The fourth-order valence-corrected chi connectivity index (χ4v) is 5.92. The Labute approximate surface area is 197 Å². The molecule has 32 heavy (non-hydrogen) atoms. The molecular weight excluding hydrogens is 388 g/mol. The third-order valence-electron chi connectivity index (χ3n) is 8.51. The minimum absolute atomic E-state index is 0.0983. The van der Waals surface area contributed by atoms with E-state index in [-0.39, 0.29) is 10.8 Å². The number of fused-ring (bicyclic) bond motifs is 1. The number of hydrogen-bond acceptors (Lipinski definition) is 2. The molecule has 0 bridgehead atoms. The summed E-state index contributed by atoms with van der Waals surface area (Å²) in [4.78, 5) is 6.99. The summed E-state index contributed by atoms with van der Waals surface area (Å²) >= 11 is 0. The third kappa shape index (κ3) is 3.80. The van der Waals surface area contributed by atoms with Crippen LogP contribution >= 0.6 is 0 Å². The summed E-state index contributed by atoms with van der Waals surface area (Å²) in [5.41, 5.74) is 11.4. The first kappa shape index (κ1) is 24.6. The van der Waals surface area contributed by atoms with Crippen molar-refractivity contribution in [3.05, 3.63) is 69.3 Å². The van der Waals surface area contributed by atoms with Crippen molar-refractivity contribution in [3.63, 3.8) is 0 Å². The lowest BCUT2D eigenvalue weighted by molar-refractivity contribution is 0.191. The smallest absolute Gasteiger partial charge is 0.0560 e. The van der Waals surface area contributed by atoms with Gasteiger partial charge in [0.25, 0.3) is 0 Å². The topological polar surface area (TPSA) is 15.6 Å². The summed E-state index contributed by atoms with van der Waals surface area (Å²) < 4.78 is 0. The van der Waals surface area contributed by atoms with Gasteiger partial charge in [0, 0.05) is 23.5 Å². The van der Waals surface area contributed by atoms with Crippen molar-refractivity contribution in [3.8, 4) is 0 Å². The summed E-state index contributed by atoms with van der Waals surface area (Å²) in [5.74, 6) is 1.05. The predicted molar refractivity (Wildman–Crippen MR) is 140 cm³/mol. The Morgan fingerprint density at radius 2 is 1.94 bits per heavy atom. The van der Waals surface area contributed by atoms with Crippen molar-refractivity contribution in [1.29, 1.82) is 0 Å². The van der Waals surface area contributed by atoms with Crippen molar-refractivity contribution in [2.45, 2.75) is 82.1 Å². The van der Waals surface area contributed by atoms with E-state index >= 15 is 0 Å². The quantitative estimate of drug-likeness (QED) is 0.322. The molecule has 2 heterocycles. The van der Waals surface area contributed by atoms with Gasteiger partial charge in [-0.1, -0.05) is 64.5 Å². The van der Waals surface area contributed by atoms with Crippen LogP contribution in [-0.4, -0.2) is 18.2 Å². The maximum absolute atomic E-state index is 4.40. The second kappa shape index (κ2) is 8.69. The fraction of sp³-hybridized carbons (Fsp3) is 0.567. The molecule has 0 aromatic rings. The Morgan fingerprint density at radius 1 is 1.28 bits per heavy atom. The molecule has 0 aromatic heterocycles. The van der Waals surface area contributed by atoms with E-state index in [0.29, 0.717) is 11.8 Å². The van der Waals surface area contributed by atoms with Crippen molar-refractivity contribution in [1.82, 2.24) is 4.90 Å². The third-order valence-corrected chi connectivity index (χ3v) is 8.51. The first-order chi connectivity index (χ1) is 14.9. The van der Waals surface area contributed by atoms with E-state index < -0.39 is 0 Å². The maximum atomic E-state index is 4.40. The van der Waals surface area contributed by atoms with Crippen LogP contribution in [0.25, 0.3) is 0 Å². The second-order valence-corrected chi connectivity index (χ2v) is 11.3. The molecule has 3 rings (SSSR count). The van der Waals surface area contributed by atoms with Gasteiger partial charge >= 0.3 is 0 Å². The van der Waals surface area contributed by atoms with Gasteiger partial charge in [-0.15, -0.1) is 0 Å². The van der Waals surface area contributed by atoms with Crippen LogP contribution in [0.4, 0.5) is 0 Å². The minimum Gasteiger partial charge on any atom is -0.339 e. The van der Waals surface area contributed by atoms with Crippen LogP contribution in [-0.2, 0) is 0 Å². The van der Waals surface area contributed by atoms with Gasteiger partial charge in [0.15, 0.2) is 0 Å². The Hall–Kier alpha value is -2.09. The van der Waals surface area contributed by atoms with Crippen molar-refractivity contribution in [2.75, 3.05) is 6.54 Å². The molecule has 0 amide bonds. The lowest BCUT2D eigenvalue weighted by atomic mass is 9.61. The SMILES string of the molecule is C=N/C(C)=C1/CC(C)(C)C(C)=C2C(=C(C)C)C3=C(CN21)C(C(C)(C=CC)C(C)C)CC=C3. The fourth-order valence-electron chi connectivity index (χ4n) is 5.92. The molecule has 0 saturated heterocycles. The van der Waals surface area contributed by atoms with Gasteiger partial charge in [0.05, 0.1) is 5.70 Å². The Kier molecular flexibility index (Phi) is 6.67. The van der Waals surface area contributed by atoms with Crippen LogP contribution in [0.15, 0.2) is 74.3 Å². The Morgan fingerprint density at radius 3 is 2.47 bits per heavy atom. The zero-order chi connectivity index (χ0) is 24.0. The van der Waals surface area contributed by atoms with E-state index in [1.165, 1.54) is 33.7 Å². The molecule has 2 heteroatoms. The summed E-state index contributed by atoms with van der Waals surface area (Å²) in [7, 11) is 0. The molecule has 3 aliphatic rings. The molecule has 0 spiro atoms. The molecular formula is C30H44N2. The van der Waals surface area contributed by atoms with Crippen molar-refractivity contribution in [2.24, 2.45) is 27.7 Å². The molecule has 1 aliphatic carbocycles. The van der Waals surface area contributed by atoms with Crippen LogP contribution in [0.1, 0.15) is 82.1 Å². The van der Waals surface area contributed by atoms with E-state index in [1.807, 2.05) is 0 Å². The zero-order valence-corrected chi connectivity index (χ0v) is 22.2. The van der Waals surface area contributed by atoms with Crippen LogP contribution < -0.4 is 0 Å². The van der Waals surface area contributed by atoms with E-state index in [1.54, 1.807) is 5.57 Å². The predicted octanol–water partition coefficient (Wildman–Crippen LogP) is 8.39.